The molecule has 0 heterocycles. The van der Waals surface area contributed by atoms with Gasteiger partial charge < -0.3 is 33.8 Å². The number of allylic oxidation sites excluding steroid dienone is 4. The molecule has 0 aromatic carbocycles. The minimum absolute atomic E-state index is 0.102. The third kappa shape index (κ3) is 73.8. The Hall–Kier alpha value is -2.46. The lowest BCUT2D eigenvalue weighted by Gasteiger charge is -2.21. The van der Waals surface area contributed by atoms with Crippen molar-refractivity contribution in [1.82, 2.24) is 0 Å². The molecule has 0 aliphatic rings. The van der Waals surface area contributed by atoms with E-state index in [1.807, 2.05) is 0 Å². The Bertz CT molecular complexity index is 2000. The molecule has 19 heteroatoms. The lowest BCUT2D eigenvalue weighted by atomic mass is 10.0. The predicted molar refractivity (Wildman–Crippen MR) is 409 cm³/mol. The number of hydrogen-bond acceptors (Lipinski definition) is 15. The van der Waals surface area contributed by atoms with Crippen LogP contribution in [0, 0.1) is 5.92 Å². The molecule has 590 valence electrons. The van der Waals surface area contributed by atoms with E-state index in [4.69, 9.17) is 37.0 Å². The standard InChI is InChI=1S/C81H154O17P2/c1-6-9-12-15-18-21-24-26-28-29-30-31-33-35-41-46-51-56-61-66-80(85)97-77(71-92-79(84)65-60-55-50-45-40-34-32-27-25-22-19-16-13-10-7-2)73-96-100(89,90)94-69-75(82)68-93-99(87,88)95-72-76(70-91-78(83)64-59-54-49-44-38-23-20-17-14-11-8-3)98-81(86)67-62-57-52-47-42-37-36-39-43-48-53-58-63-74(4)5/h22,25,27,32,74-77,82H,6-21,23-24,26,28-31,33-73H2,1-5H3,(H,87,88)(H,89,90)/b25-22-,32-27-/t75-,76+,77+/m0/s1. The first kappa shape index (κ1) is 97.5. The topological polar surface area (TPSA) is 237 Å². The molecular weight excluding hydrogens is 1310 g/mol. The van der Waals surface area contributed by atoms with Gasteiger partial charge in [-0.25, -0.2) is 9.13 Å². The Balaban J connectivity index is 5.28. The highest BCUT2D eigenvalue weighted by Gasteiger charge is 2.30. The van der Waals surface area contributed by atoms with Crippen LogP contribution in [0.4, 0.5) is 0 Å². The van der Waals surface area contributed by atoms with Crippen LogP contribution in [0.1, 0.15) is 407 Å². The molecule has 2 unspecified atom stereocenters. The highest BCUT2D eigenvalue weighted by Crippen LogP contribution is 2.45. The lowest BCUT2D eigenvalue weighted by Crippen LogP contribution is -2.30. The molecular formula is C81H154O17P2. The largest absolute Gasteiger partial charge is 0.472 e. The number of esters is 4. The number of carbonyl (C=O) groups excluding carboxylic acids is 4. The SMILES string of the molecule is CCCCCC/C=C\C=C/CCCCCCCC(=O)OC[C@H](COP(=O)(O)OC[C@@H](O)COP(=O)(O)OC[C@@H](COC(=O)CCCCCCCCCCCCC)OC(=O)CCCCCCCCCCCCCCC(C)C)OC(=O)CCCCCCCCCCCCCCCCCCCCC. The summed E-state index contributed by atoms with van der Waals surface area (Å²) in [5.74, 6) is -1.36. The number of carbonyl (C=O) groups is 4. The summed E-state index contributed by atoms with van der Waals surface area (Å²) < 4.78 is 68.7. The molecule has 0 aromatic heterocycles. The summed E-state index contributed by atoms with van der Waals surface area (Å²) in [6.07, 6.45) is 67.3. The highest BCUT2D eigenvalue weighted by molar-refractivity contribution is 7.47. The second-order valence-electron chi connectivity index (χ2n) is 29.0. The van der Waals surface area contributed by atoms with Gasteiger partial charge in [-0.05, 0) is 57.3 Å². The smallest absolute Gasteiger partial charge is 0.462 e. The van der Waals surface area contributed by atoms with Crippen LogP contribution in [-0.2, 0) is 65.4 Å². The zero-order valence-electron chi connectivity index (χ0n) is 64.8. The monoisotopic (exact) mass is 1460 g/mol. The summed E-state index contributed by atoms with van der Waals surface area (Å²) >= 11 is 0. The van der Waals surface area contributed by atoms with Gasteiger partial charge in [0.05, 0.1) is 26.4 Å². The van der Waals surface area contributed by atoms with Gasteiger partial charge in [-0.3, -0.25) is 37.3 Å². The molecule has 0 saturated heterocycles. The highest BCUT2D eigenvalue weighted by atomic mass is 31.2. The first-order valence-electron chi connectivity index (χ1n) is 41.5. The molecule has 0 aliphatic carbocycles. The van der Waals surface area contributed by atoms with Gasteiger partial charge in [0.25, 0.3) is 0 Å². The van der Waals surface area contributed by atoms with E-state index in [0.29, 0.717) is 25.7 Å². The second-order valence-corrected chi connectivity index (χ2v) is 31.9. The van der Waals surface area contributed by atoms with Crippen LogP contribution in [0.25, 0.3) is 0 Å². The minimum Gasteiger partial charge on any atom is -0.462 e. The van der Waals surface area contributed by atoms with Crippen LogP contribution >= 0.6 is 15.6 Å². The molecule has 0 fully saturated rings. The van der Waals surface area contributed by atoms with E-state index in [9.17, 15) is 43.2 Å². The normalized spacial score (nSPS) is 14.0. The Morgan fingerprint density at radius 1 is 0.310 bits per heavy atom. The molecule has 0 saturated carbocycles. The Labute approximate surface area is 612 Å². The molecule has 3 N–H and O–H groups in total. The number of aliphatic hydroxyl groups is 1. The van der Waals surface area contributed by atoms with Gasteiger partial charge in [-0.15, -0.1) is 0 Å². The summed E-state index contributed by atoms with van der Waals surface area (Å²) in [6, 6.07) is 0. The van der Waals surface area contributed by atoms with Crippen molar-refractivity contribution < 1.29 is 80.2 Å². The van der Waals surface area contributed by atoms with Crippen molar-refractivity contribution in [2.24, 2.45) is 5.92 Å². The number of phosphoric ester groups is 2. The number of aliphatic hydroxyl groups excluding tert-OH is 1. The maximum Gasteiger partial charge on any atom is 0.472 e. The third-order valence-corrected chi connectivity index (χ3v) is 20.3. The zero-order valence-corrected chi connectivity index (χ0v) is 66.6. The maximum absolute atomic E-state index is 13.1. The van der Waals surface area contributed by atoms with Crippen LogP contribution in [0.15, 0.2) is 24.3 Å². The molecule has 17 nitrogen and oxygen atoms in total. The first-order valence-corrected chi connectivity index (χ1v) is 44.4. The van der Waals surface area contributed by atoms with Crippen LogP contribution in [-0.4, -0.2) is 96.7 Å². The quantitative estimate of drug-likeness (QED) is 0.0169. The van der Waals surface area contributed by atoms with Gasteiger partial charge in [-0.2, -0.15) is 0 Å². The van der Waals surface area contributed by atoms with E-state index in [1.54, 1.807) is 0 Å². The predicted octanol–water partition coefficient (Wildman–Crippen LogP) is 24.0. The summed E-state index contributed by atoms with van der Waals surface area (Å²) in [7, 11) is -9.93. The van der Waals surface area contributed by atoms with E-state index in [2.05, 4.69) is 58.9 Å². The van der Waals surface area contributed by atoms with Gasteiger partial charge in [0.2, 0.25) is 0 Å². The van der Waals surface area contributed by atoms with Crippen molar-refractivity contribution in [1.29, 1.82) is 0 Å². The molecule has 0 bridgehead atoms. The molecule has 0 aromatic rings. The van der Waals surface area contributed by atoms with Crippen molar-refractivity contribution in [2.75, 3.05) is 39.6 Å². The Morgan fingerprint density at radius 2 is 0.540 bits per heavy atom. The second kappa shape index (κ2) is 73.4. The number of ether oxygens (including phenoxy) is 4. The minimum atomic E-state index is -4.97. The average Bonchev–Trinajstić information content (AvgIpc) is 1.43. The molecule has 0 amide bonds. The van der Waals surface area contributed by atoms with Gasteiger partial charge >= 0.3 is 39.5 Å². The summed E-state index contributed by atoms with van der Waals surface area (Å²) in [4.78, 5) is 73.0. The average molecular weight is 1460 g/mol. The summed E-state index contributed by atoms with van der Waals surface area (Å²) in [6.45, 7) is 7.27. The van der Waals surface area contributed by atoms with Gasteiger partial charge in [-0.1, -0.05) is 354 Å². The summed E-state index contributed by atoms with van der Waals surface area (Å²) in [5.41, 5.74) is 0. The van der Waals surface area contributed by atoms with Crippen molar-refractivity contribution >= 4 is 39.5 Å². The number of unbranched alkanes of at least 4 members (excludes halogenated alkanes) is 48. The number of rotatable bonds is 79. The third-order valence-electron chi connectivity index (χ3n) is 18.4. The van der Waals surface area contributed by atoms with Crippen LogP contribution in [0.3, 0.4) is 0 Å². The number of hydrogen-bond donors (Lipinski definition) is 3. The summed E-state index contributed by atoms with van der Waals surface area (Å²) in [5, 5.41) is 10.6. The fourth-order valence-electron chi connectivity index (χ4n) is 12.0. The van der Waals surface area contributed by atoms with Crippen molar-refractivity contribution in [3.8, 4) is 0 Å². The molecule has 0 radical (unpaired) electrons. The van der Waals surface area contributed by atoms with E-state index < -0.39 is 97.5 Å². The van der Waals surface area contributed by atoms with E-state index in [0.717, 1.165) is 115 Å². The lowest BCUT2D eigenvalue weighted by molar-refractivity contribution is -0.161. The molecule has 0 rings (SSSR count). The van der Waals surface area contributed by atoms with Gasteiger partial charge in [0, 0.05) is 25.7 Å². The molecule has 0 spiro atoms. The molecule has 100 heavy (non-hydrogen) atoms. The van der Waals surface area contributed by atoms with E-state index >= 15 is 0 Å². The van der Waals surface area contributed by atoms with Crippen molar-refractivity contribution in [3.63, 3.8) is 0 Å². The van der Waals surface area contributed by atoms with E-state index in [1.165, 1.54) is 212 Å². The van der Waals surface area contributed by atoms with E-state index in [-0.39, 0.29) is 25.7 Å². The fraction of sp³-hybridized carbons (Fsp3) is 0.901. The molecule has 5 atom stereocenters. The maximum atomic E-state index is 13.1. The number of phosphoric acid groups is 2. The van der Waals surface area contributed by atoms with Crippen molar-refractivity contribution in [3.05, 3.63) is 24.3 Å². The Morgan fingerprint density at radius 3 is 0.820 bits per heavy atom. The fourth-order valence-corrected chi connectivity index (χ4v) is 13.6. The zero-order chi connectivity index (χ0) is 73.4. The van der Waals surface area contributed by atoms with Crippen molar-refractivity contribution in [2.45, 2.75) is 425 Å². The van der Waals surface area contributed by atoms with Gasteiger partial charge in [0.1, 0.15) is 19.3 Å². The van der Waals surface area contributed by atoms with Gasteiger partial charge in [0.15, 0.2) is 12.2 Å². The van der Waals surface area contributed by atoms with Crippen LogP contribution < -0.4 is 0 Å². The first-order chi connectivity index (χ1) is 48.5. The Kier molecular flexibility index (Phi) is 71.6. The van der Waals surface area contributed by atoms with Crippen LogP contribution in [0.2, 0.25) is 0 Å². The van der Waals surface area contributed by atoms with Crippen LogP contribution in [0.5, 0.6) is 0 Å². The molecule has 0 aliphatic heterocycles.